The topological polar surface area (TPSA) is 72.9 Å². The molecule has 6 nitrogen and oxygen atoms in total. The number of nitrogens with zero attached hydrogens (tertiary/aromatic N) is 1. The fourth-order valence-corrected chi connectivity index (χ4v) is 5.34. The fourth-order valence-electron chi connectivity index (χ4n) is 3.77. The fraction of sp³-hybridized carbons (Fsp3) is 0.350. The number of sulfonamides is 1. The van der Waals surface area contributed by atoms with Crippen LogP contribution in [0.15, 0.2) is 47.4 Å². The number of fused-ring (bicyclic) bond motifs is 1. The third kappa shape index (κ3) is 3.38. The minimum atomic E-state index is -3.60. The average Bonchev–Trinajstić information content (AvgIpc) is 2.68. The Kier molecular flexibility index (Phi) is 4.85. The van der Waals surface area contributed by atoms with Crippen molar-refractivity contribution in [3.63, 3.8) is 0 Å². The normalized spacial score (nSPS) is 19.1. The maximum Gasteiger partial charge on any atom is 0.243 e. The van der Waals surface area contributed by atoms with E-state index in [1.54, 1.807) is 37.4 Å². The standard InChI is InChI=1S/C20H20ClNO5S/c1-26-15-4-7-19-17(12-15)18(23)13-20(27-19)8-10-22(11-9-20)28(24,25)16-5-2-14(21)3-6-16/h2-7,12H,8-11,13H2,1H3. The average molecular weight is 422 g/mol. The first-order valence-electron chi connectivity index (χ1n) is 8.99. The van der Waals surface area contributed by atoms with E-state index in [1.165, 1.54) is 16.4 Å². The molecule has 0 amide bonds. The van der Waals surface area contributed by atoms with Gasteiger partial charge in [-0.3, -0.25) is 4.79 Å². The molecule has 2 aromatic carbocycles. The first-order chi connectivity index (χ1) is 13.3. The zero-order chi connectivity index (χ0) is 19.9. The van der Waals surface area contributed by atoms with Gasteiger partial charge in [0.15, 0.2) is 5.78 Å². The van der Waals surface area contributed by atoms with Crippen LogP contribution in [0.4, 0.5) is 0 Å². The zero-order valence-corrected chi connectivity index (χ0v) is 16.9. The summed E-state index contributed by atoms with van der Waals surface area (Å²) in [6.07, 6.45) is 1.15. The summed E-state index contributed by atoms with van der Waals surface area (Å²) >= 11 is 5.85. The Morgan fingerprint density at radius 3 is 2.43 bits per heavy atom. The van der Waals surface area contributed by atoms with Crippen molar-refractivity contribution in [1.29, 1.82) is 0 Å². The van der Waals surface area contributed by atoms with Crippen LogP contribution in [-0.4, -0.2) is 44.3 Å². The maximum atomic E-state index is 12.9. The molecule has 1 spiro atoms. The van der Waals surface area contributed by atoms with Crippen molar-refractivity contribution in [2.75, 3.05) is 20.2 Å². The first-order valence-corrected chi connectivity index (χ1v) is 10.8. The van der Waals surface area contributed by atoms with Gasteiger partial charge in [0.2, 0.25) is 10.0 Å². The van der Waals surface area contributed by atoms with Crippen molar-refractivity contribution < 1.29 is 22.7 Å². The molecule has 0 radical (unpaired) electrons. The van der Waals surface area contributed by atoms with Gasteiger partial charge >= 0.3 is 0 Å². The predicted octanol–water partition coefficient (Wildman–Crippen LogP) is 3.54. The lowest BCUT2D eigenvalue weighted by atomic mass is 9.83. The second-order valence-electron chi connectivity index (χ2n) is 7.11. The Bertz CT molecular complexity index is 1010. The number of halogens is 1. The van der Waals surface area contributed by atoms with Crippen LogP contribution in [0.1, 0.15) is 29.6 Å². The minimum absolute atomic E-state index is 0.00541. The van der Waals surface area contributed by atoms with Gasteiger partial charge in [0.1, 0.15) is 17.1 Å². The number of hydrogen-bond acceptors (Lipinski definition) is 5. The van der Waals surface area contributed by atoms with Crippen molar-refractivity contribution in [3.05, 3.63) is 53.1 Å². The Morgan fingerprint density at radius 2 is 1.79 bits per heavy atom. The summed E-state index contributed by atoms with van der Waals surface area (Å²) in [6, 6.07) is 11.3. The van der Waals surface area contributed by atoms with Gasteiger partial charge in [0, 0.05) is 31.0 Å². The van der Waals surface area contributed by atoms with Crippen LogP contribution in [0.3, 0.4) is 0 Å². The van der Waals surface area contributed by atoms with Crippen molar-refractivity contribution >= 4 is 27.4 Å². The van der Waals surface area contributed by atoms with E-state index in [2.05, 4.69) is 0 Å². The van der Waals surface area contributed by atoms with Crippen LogP contribution < -0.4 is 9.47 Å². The van der Waals surface area contributed by atoms with Gasteiger partial charge in [-0.25, -0.2) is 8.42 Å². The van der Waals surface area contributed by atoms with Gasteiger partial charge in [0.25, 0.3) is 0 Å². The van der Waals surface area contributed by atoms with Gasteiger partial charge < -0.3 is 9.47 Å². The SMILES string of the molecule is COc1ccc2c(c1)C(=O)CC1(CCN(S(=O)(=O)c3ccc(Cl)cc3)CC1)O2. The van der Waals surface area contributed by atoms with Crippen LogP contribution in [0, 0.1) is 0 Å². The molecular weight excluding hydrogens is 402 g/mol. The molecule has 0 bridgehead atoms. The highest BCUT2D eigenvalue weighted by atomic mass is 35.5. The Balaban J connectivity index is 1.52. The number of hydrogen-bond donors (Lipinski definition) is 0. The van der Waals surface area contributed by atoms with Gasteiger partial charge in [-0.1, -0.05) is 11.6 Å². The van der Waals surface area contributed by atoms with Crippen molar-refractivity contribution in [2.24, 2.45) is 0 Å². The van der Waals surface area contributed by atoms with E-state index in [0.29, 0.717) is 48.0 Å². The van der Waals surface area contributed by atoms with E-state index in [4.69, 9.17) is 21.1 Å². The summed E-state index contributed by atoms with van der Waals surface area (Å²) in [6.45, 7) is 0.591. The van der Waals surface area contributed by atoms with E-state index < -0.39 is 15.6 Å². The van der Waals surface area contributed by atoms with Crippen molar-refractivity contribution in [3.8, 4) is 11.5 Å². The largest absolute Gasteiger partial charge is 0.497 e. The molecule has 0 aromatic heterocycles. The predicted molar refractivity (Wildman–Crippen MR) is 105 cm³/mol. The Hall–Kier alpha value is -2.09. The monoisotopic (exact) mass is 421 g/mol. The number of benzene rings is 2. The lowest BCUT2D eigenvalue weighted by Gasteiger charge is -2.43. The van der Waals surface area contributed by atoms with E-state index in [0.717, 1.165) is 0 Å². The van der Waals surface area contributed by atoms with E-state index >= 15 is 0 Å². The molecule has 2 aliphatic rings. The van der Waals surface area contributed by atoms with Crippen LogP contribution in [0.5, 0.6) is 11.5 Å². The number of rotatable bonds is 3. The molecule has 0 aliphatic carbocycles. The van der Waals surface area contributed by atoms with Crippen molar-refractivity contribution in [2.45, 2.75) is 29.8 Å². The van der Waals surface area contributed by atoms with E-state index in [9.17, 15) is 13.2 Å². The summed E-state index contributed by atoms with van der Waals surface area (Å²) in [7, 11) is -2.05. The summed E-state index contributed by atoms with van der Waals surface area (Å²) in [5, 5.41) is 0.487. The molecule has 2 aliphatic heterocycles. The molecule has 0 atom stereocenters. The number of carbonyl (C=O) groups excluding carboxylic acids is 1. The molecule has 1 saturated heterocycles. The minimum Gasteiger partial charge on any atom is -0.497 e. The van der Waals surface area contributed by atoms with Crippen LogP contribution in [-0.2, 0) is 10.0 Å². The molecule has 1 fully saturated rings. The van der Waals surface area contributed by atoms with Gasteiger partial charge in [-0.15, -0.1) is 0 Å². The molecule has 4 rings (SSSR count). The maximum absolute atomic E-state index is 12.9. The number of ether oxygens (including phenoxy) is 2. The van der Waals surface area contributed by atoms with Gasteiger partial charge in [-0.05, 0) is 42.5 Å². The van der Waals surface area contributed by atoms with Crippen LogP contribution >= 0.6 is 11.6 Å². The lowest BCUT2D eigenvalue weighted by molar-refractivity contribution is 0.00584. The molecular formula is C20H20ClNO5S. The van der Waals surface area contributed by atoms with Crippen LogP contribution in [0.25, 0.3) is 0 Å². The number of carbonyl (C=O) groups is 1. The number of ketones is 1. The second kappa shape index (κ2) is 7.06. The van der Waals surface area contributed by atoms with E-state index in [-0.39, 0.29) is 17.1 Å². The Labute approximate surface area is 169 Å². The third-order valence-electron chi connectivity index (χ3n) is 5.38. The molecule has 2 heterocycles. The van der Waals surface area contributed by atoms with Gasteiger partial charge in [-0.2, -0.15) is 4.31 Å². The molecule has 8 heteroatoms. The molecule has 0 unspecified atom stereocenters. The van der Waals surface area contributed by atoms with Crippen LogP contribution in [0.2, 0.25) is 5.02 Å². The van der Waals surface area contributed by atoms with E-state index in [1.807, 2.05) is 0 Å². The quantitative estimate of drug-likeness (QED) is 0.757. The lowest BCUT2D eigenvalue weighted by Crippen LogP contribution is -2.52. The highest BCUT2D eigenvalue weighted by molar-refractivity contribution is 7.89. The molecule has 148 valence electrons. The number of piperidine rings is 1. The Morgan fingerprint density at radius 1 is 1.11 bits per heavy atom. The molecule has 28 heavy (non-hydrogen) atoms. The smallest absolute Gasteiger partial charge is 0.243 e. The summed E-state index contributed by atoms with van der Waals surface area (Å²) < 4.78 is 38.5. The highest BCUT2D eigenvalue weighted by Gasteiger charge is 2.45. The molecule has 2 aromatic rings. The molecule has 0 saturated carbocycles. The third-order valence-corrected chi connectivity index (χ3v) is 7.55. The summed E-state index contributed by atoms with van der Waals surface area (Å²) in [5.41, 5.74) is -0.147. The zero-order valence-electron chi connectivity index (χ0n) is 15.4. The summed E-state index contributed by atoms with van der Waals surface area (Å²) in [4.78, 5) is 12.9. The van der Waals surface area contributed by atoms with Gasteiger partial charge in [0.05, 0.1) is 24.0 Å². The summed E-state index contributed by atoms with van der Waals surface area (Å²) in [5.74, 6) is 1.13. The number of methoxy groups -OCH3 is 1. The van der Waals surface area contributed by atoms with Crippen molar-refractivity contribution in [1.82, 2.24) is 4.31 Å². The highest BCUT2D eigenvalue weighted by Crippen LogP contribution is 2.41. The molecule has 0 N–H and O–H groups in total. The second-order valence-corrected chi connectivity index (χ2v) is 9.48. The number of Topliss-reactive ketones (excluding diaryl/α,β-unsaturated/α-hetero) is 1. The first kappa shape index (κ1) is 19.2.